The molecule has 0 unspecified atom stereocenters. The molecule has 1 aliphatic carbocycles. The fourth-order valence-corrected chi connectivity index (χ4v) is 1.90. The summed E-state index contributed by atoms with van der Waals surface area (Å²) < 4.78 is 5.62. The van der Waals surface area contributed by atoms with Crippen LogP contribution in [0.3, 0.4) is 0 Å². The van der Waals surface area contributed by atoms with Crippen molar-refractivity contribution in [3.05, 3.63) is 35.9 Å². The second-order valence-electron chi connectivity index (χ2n) is 4.87. The van der Waals surface area contributed by atoms with E-state index in [9.17, 15) is 0 Å². The second-order valence-corrected chi connectivity index (χ2v) is 4.87. The van der Waals surface area contributed by atoms with Gasteiger partial charge in [0.1, 0.15) is 0 Å². The van der Waals surface area contributed by atoms with E-state index in [1.54, 1.807) is 0 Å². The standard InChI is InChI=1S/C15H23NO/c1-2-5-15(6-3-1)13-17-12-4-10-16-11-9-14-7-8-14/h1-3,5-6,14,16H,4,7-13H2. The normalized spacial score (nSPS) is 15.1. The summed E-state index contributed by atoms with van der Waals surface area (Å²) in [5.74, 6) is 1.04. The van der Waals surface area contributed by atoms with Crippen molar-refractivity contribution in [3.63, 3.8) is 0 Å². The van der Waals surface area contributed by atoms with Crippen LogP contribution in [0.2, 0.25) is 0 Å². The zero-order chi connectivity index (χ0) is 11.8. The first-order chi connectivity index (χ1) is 8.45. The minimum Gasteiger partial charge on any atom is -0.377 e. The van der Waals surface area contributed by atoms with Crippen LogP contribution in [-0.4, -0.2) is 19.7 Å². The van der Waals surface area contributed by atoms with E-state index < -0.39 is 0 Å². The number of benzene rings is 1. The maximum atomic E-state index is 5.62. The zero-order valence-electron chi connectivity index (χ0n) is 10.5. The average molecular weight is 233 g/mol. The lowest BCUT2D eigenvalue weighted by Gasteiger charge is -2.05. The number of rotatable bonds is 9. The van der Waals surface area contributed by atoms with E-state index in [0.29, 0.717) is 0 Å². The second kappa shape index (κ2) is 7.46. The quantitative estimate of drug-likeness (QED) is 0.662. The van der Waals surface area contributed by atoms with Crippen LogP contribution in [-0.2, 0) is 11.3 Å². The van der Waals surface area contributed by atoms with Gasteiger partial charge in [0.15, 0.2) is 0 Å². The van der Waals surface area contributed by atoms with Gasteiger partial charge in [-0.1, -0.05) is 43.2 Å². The highest BCUT2D eigenvalue weighted by Gasteiger charge is 2.19. The summed E-state index contributed by atoms with van der Waals surface area (Å²) in [5, 5.41) is 3.48. The molecule has 0 bridgehead atoms. The molecule has 2 heteroatoms. The molecule has 1 aliphatic rings. The Morgan fingerprint density at radius 1 is 1.12 bits per heavy atom. The van der Waals surface area contributed by atoms with Crippen LogP contribution in [0.5, 0.6) is 0 Å². The largest absolute Gasteiger partial charge is 0.377 e. The molecule has 0 atom stereocenters. The van der Waals surface area contributed by atoms with Crippen LogP contribution in [0.1, 0.15) is 31.2 Å². The summed E-state index contributed by atoms with van der Waals surface area (Å²) in [6.45, 7) is 3.86. The molecular formula is C15H23NO. The van der Waals surface area contributed by atoms with Crippen molar-refractivity contribution in [1.29, 1.82) is 0 Å². The summed E-state index contributed by atoms with van der Waals surface area (Å²) >= 11 is 0. The van der Waals surface area contributed by atoms with Crippen LogP contribution < -0.4 is 5.32 Å². The summed E-state index contributed by atoms with van der Waals surface area (Å²) in [6, 6.07) is 10.4. The Balaban J connectivity index is 1.38. The predicted octanol–water partition coefficient (Wildman–Crippen LogP) is 2.98. The highest BCUT2D eigenvalue weighted by molar-refractivity contribution is 5.13. The van der Waals surface area contributed by atoms with Crippen LogP contribution in [0, 0.1) is 5.92 Å². The average Bonchev–Trinajstić information content (AvgIpc) is 3.18. The minimum absolute atomic E-state index is 0.739. The van der Waals surface area contributed by atoms with Gasteiger partial charge < -0.3 is 10.1 Å². The van der Waals surface area contributed by atoms with Gasteiger partial charge in [0, 0.05) is 6.61 Å². The van der Waals surface area contributed by atoms with E-state index in [1.165, 1.54) is 31.4 Å². The smallest absolute Gasteiger partial charge is 0.0716 e. The third-order valence-corrected chi connectivity index (χ3v) is 3.18. The third-order valence-electron chi connectivity index (χ3n) is 3.18. The SMILES string of the molecule is c1ccc(COCCCNCCC2CC2)cc1. The molecule has 17 heavy (non-hydrogen) atoms. The van der Waals surface area contributed by atoms with Gasteiger partial charge >= 0.3 is 0 Å². The molecule has 1 aromatic rings. The van der Waals surface area contributed by atoms with Gasteiger partial charge in [-0.15, -0.1) is 0 Å². The van der Waals surface area contributed by atoms with E-state index in [-0.39, 0.29) is 0 Å². The molecule has 94 valence electrons. The first kappa shape index (κ1) is 12.6. The Bertz CT molecular complexity index is 295. The van der Waals surface area contributed by atoms with Gasteiger partial charge in [-0.2, -0.15) is 0 Å². The maximum Gasteiger partial charge on any atom is 0.0716 e. The lowest BCUT2D eigenvalue weighted by atomic mass is 10.2. The lowest BCUT2D eigenvalue weighted by molar-refractivity contribution is 0.118. The zero-order valence-corrected chi connectivity index (χ0v) is 10.5. The van der Waals surface area contributed by atoms with Crippen LogP contribution in [0.25, 0.3) is 0 Å². The highest BCUT2D eigenvalue weighted by Crippen LogP contribution is 2.31. The molecule has 1 N–H and O–H groups in total. The predicted molar refractivity (Wildman–Crippen MR) is 70.9 cm³/mol. The van der Waals surface area contributed by atoms with E-state index >= 15 is 0 Å². The Labute approximate surface area is 104 Å². The highest BCUT2D eigenvalue weighted by atomic mass is 16.5. The fourth-order valence-electron chi connectivity index (χ4n) is 1.90. The summed E-state index contributed by atoms with van der Waals surface area (Å²) in [7, 11) is 0. The molecule has 2 rings (SSSR count). The van der Waals surface area contributed by atoms with E-state index in [2.05, 4.69) is 29.6 Å². The minimum atomic E-state index is 0.739. The van der Waals surface area contributed by atoms with Crippen molar-refractivity contribution in [1.82, 2.24) is 5.32 Å². The molecule has 2 nitrogen and oxygen atoms in total. The van der Waals surface area contributed by atoms with E-state index in [1.807, 2.05) is 6.07 Å². The summed E-state index contributed by atoms with van der Waals surface area (Å²) in [6.07, 6.45) is 5.39. The molecule has 0 aromatic heterocycles. The maximum absolute atomic E-state index is 5.62. The summed E-state index contributed by atoms with van der Waals surface area (Å²) in [5.41, 5.74) is 1.26. The molecule has 0 aliphatic heterocycles. The number of hydrogen-bond acceptors (Lipinski definition) is 2. The molecular weight excluding hydrogens is 210 g/mol. The Kier molecular flexibility index (Phi) is 5.53. The van der Waals surface area contributed by atoms with Gasteiger partial charge in [0.2, 0.25) is 0 Å². The number of hydrogen-bond donors (Lipinski definition) is 1. The van der Waals surface area contributed by atoms with Crippen molar-refractivity contribution in [2.45, 2.75) is 32.3 Å². The lowest BCUT2D eigenvalue weighted by Crippen LogP contribution is -2.18. The Morgan fingerprint density at radius 2 is 1.94 bits per heavy atom. The third kappa shape index (κ3) is 5.85. The molecule has 0 radical (unpaired) electrons. The monoisotopic (exact) mass is 233 g/mol. The molecule has 0 heterocycles. The van der Waals surface area contributed by atoms with Gasteiger partial charge in [-0.25, -0.2) is 0 Å². The van der Waals surface area contributed by atoms with E-state index in [4.69, 9.17) is 4.74 Å². The Morgan fingerprint density at radius 3 is 2.71 bits per heavy atom. The van der Waals surface area contributed by atoms with Crippen molar-refractivity contribution in [2.24, 2.45) is 5.92 Å². The molecule has 1 saturated carbocycles. The molecule has 1 aromatic carbocycles. The van der Waals surface area contributed by atoms with Crippen molar-refractivity contribution in [2.75, 3.05) is 19.7 Å². The van der Waals surface area contributed by atoms with Crippen LogP contribution >= 0.6 is 0 Å². The van der Waals surface area contributed by atoms with Crippen molar-refractivity contribution in [3.8, 4) is 0 Å². The van der Waals surface area contributed by atoms with Crippen molar-refractivity contribution < 1.29 is 4.74 Å². The molecule has 0 amide bonds. The first-order valence-electron chi connectivity index (χ1n) is 6.77. The summed E-state index contributed by atoms with van der Waals surface area (Å²) in [4.78, 5) is 0. The van der Waals surface area contributed by atoms with Gasteiger partial charge in [-0.05, 0) is 37.4 Å². The van der Waals surface area contributed by atoms with Gasteiger partial charge in [0.05, 0.1) is 6.61 Å². The van der Waals surface area contributed by atoms with Crippen molar-refractivity contribution >= 4 is 0 Å². The molecule has 1 fully saturated rings. The fraction of sp³-hybridized carbons (Fsp3) is 0.600. The first-order valence-corrected chi connectivity index (χ1v) is 6.77. The molecule has 0 spiro atoms. The Hall–Kier alpha value is -0.860. The van der Waals surface area contributed by atoms with E-state index in [0.717, 1.165) is 32.1 Å². The van der Waals surface area contributed by atoms with Gasteiger partial charge in [0.25, 0.3) is 0 Å². The molecule has 0 saturated heterocycles. The van der Waals surface area contributed by atoms with Crippen LogP contribution in [0.15, 0.2) is 30.3 Å². The number of ether oxygens (including phenoxy) is 1. The topological polar surface area (TPSA) is 21.3 Å². The van der Waals surface area contributed by atoms with Gasteiger partial charge in [-0.3, -0.25) is 0 Å². The number of nitrogens with one attached hydrogen (secondary N) is 1. The van der Waals surface area contributed by atoms with Crippen LogP contribution in [0.4, 0.5) is 0 Å².